The van der Waals surface area contributed by atoms with Gasteiger partial charge in [-0.2, -0.15) is 4.98 Å². The molecule has 8 nitrogen and oxygen atoms in total. The van der Waals surface area contributed by atoms with Gasteiger partial charge in [-0.3, -0.25) is 0 Å². The molecule has 0 fully saturated rings. The van der Waals surface area contributed by atoms with Gasteiger partial charge in [0.15, 0.2) is 11.5 Å². The number of nitrogens with zero attached hydrogens (tertiary/aromatic N) is 3. The van der Waals surface area contributed by atoms with Crippen molar-refractivity contribution in [2.45, 2.75) is 51.9 Å². The third-order valence-electron chi connectivity index (χ3n) is 5.58. The topological polar surface area (TPSA) is 87.5 Å². The number of carbonyl (C=O) groups is 1. The molecule has 9 heteroatoms. The van der Waals surface area contributed by atoms with Gasteiger partial charge in [0, 0.05) is 5.70 Å². The van der Waals surface area contributed by atoms with Crippen LogP contribution >= 0.6 is 11.8 Å². The summed E-state index contributed by atoms with van der Waals surface area (Å²) in [6.07, 6.45) is 0.740. The number of allylic oxidation sites excluding steroid dienone is 1. The van der Waals surface area contributed by atoms with Gasteiger partial charge in [0.2, 0.25) is 11.1 Å². The molecule has 0 spiro atoms. The molecule has 1 unspecified atom stereocenters. The number of benzene rings is 2. The molecule has 0 bridgehead atoms. The molecule has 1 aliphatic heterocycles. The minimum absolute atomic E-state index is 0.347. The molecule has 0 aliphatic carbocycles. The van der Waals surface area contributed by atoms with Gasteiger partial charge < -0.3 is 19.5 Å². The lowest BCUT2D eigenvalue weighted by Gasteiger charge is -2.28. The molecule has 4 rings (SSSR count). The minimum Gasteiger partial charge on any atom is -0.490 e. The zero-order valence-corrected chi connectivity index (χ0v) is 21.9. The predicted octanol–water partition coefficient (Wildman–Crippen LogP) is 5.61. The second-order valence-corrected chi connectivity index (χ2v) is 9.44. The Morgan fingerprint density at radius 2 is 1.89 bits per heavy atom. The average molecular weight is 509 g/mol. The SMILES string of the molecule is CCCOC(=O)C1=C(C)Nc2nc(SCC)nn2C1c1ccc(OCc2ccccc2)c(OCC)c1. The van der Waals surface area contributed by atoms with E-state index in [0.29, 0.717) is 53.7 Å². The number of rotatable bonds is 11. The fourth-order valence-corrected chi connectivity index (χ4v) is 4.54. The number of nitrogens with one attached hydrogen (secondary N) is 1. The second-order valence-electron chi connectivity index (χ2n) is 8.21. The minimum atomic E-state index is -0.522. The van der Waals surface area contributed by atoms with Gasteiger partial charge in [0.1, 0.15) is 12.6 Å². The maximum Gasteiger partial charge on any atom is 0.338 e. The summed E-state index contributed by atoms with van der Waals surface area (Å²) in [6.45, 7) is 9.06. The van der Waals surface area contributed by atoms with Crippen LogP contribution in [0.3, 0.4) is 0 Å². The van der Waals surface area contributed by atoms with Crippen LogP contribution in [0.4, 0.5) is 5.95 Å². The van der Waals surface area contributed by atoms with Crippen LogP contribution in [0.15, 0.2) is 65.0 Å². The summed E-state index contributed by atoms with van der Waals surface area (Å²) in [4.78, 5) is 17.8. The smallest absolute Gasteiger partial charge is 0.338 e. The Morgan fingerprint density at radius 1 is 1.08 bits per heavy atom. The lowest BCUT2D eigenvalue weighted by molar-refractivity contribution is -0.139. The monoisotopic (exact) mass is 508 g/mol. The second kappa shape index (κ2) is 12.0. The van der Waals surface area contributed by atoms with Crippen molar-refractivity contribution >= 4 is 23.7 Å². The number of hydrogen-bond acceptors (Lipinski definition) is 8. The summed E-state index contributed by atoms with van der Waals surface area (Å²) in [6, 6.07) is 15.2. The Morgan fingerprint density at radius 3 is 2.61 bits per heavy atom. The molecule has 1 aliphatic rings. The third kappa shape index (κ3) is 5.67. The first kappa shape index (κ1) is 25.6. The first-order valence-electron chi connectivity index (χ1n) is 12.2. The van der Waals surface area contributed by atoms with Gasteiger partial charge >= 0.3 is 5.97 Å². The van der Waals surface area contributed by atoms with Crippen molar-refractivity contribution < 1.29 is 19.0 Å². The van der Waals surface area contributed by atoms with Crippen LogP contribution in [-0.4, -0.2) is 39.7 Å². The van der Waals surface area contributed by atoms with Crippen molar-refractivity contribution in [2.75, 3.05) is 24.3 Å². The van der Waals surface area contributed by atoms with E-state index in [9.17, 15) is 4.79 Å². The molecule has 1 aromatic heterocycles. The number of carbonyl (C=O) groups excluding carboxylic acids is 1. The normalized spacial score (nSPS) is 14.7. The highest BCUT2D eigenvalue weighted by molar-refractivity contribution is 7.99. The molecule has 36 heavy (non-hydrogen) atoms. The Labute approximate surface area is 216 Å². The third-order valence-corrected chi connectivity index (χ3v) is 6.30. The first-order valence-corrected chi connectivity index (χ1v) is 13.2. The Bertz CT molecular complexity index is 1230. The summed E-state index contributed by atoms with van der Waals surface area (Å²) in [5, 5.41) is 8.59. The van der Waals surface area contributed by atoms with E-state index in [-0.39, 0.29) is 5.97 Å². The number of thioether (sulfide) groups is 1. The zero-order valence-electron chi connectivity index (χ0n) is 21.1. The fourth-order valence-electron chi connectivity index (χ4n) is 3.98. The zero-order chi connectivity index (χ0) is 25.5. The lowest BCUT2D eigenvalue weighted by atomic mass is 9.95. The Kier molecular flexibility index (Phi) is 8.53. The van der Waals surface area contributed by atoms with Crippen LogP contribution in [0.25, 0.3) is 0 Å². The van der Waals surface area contributed by atoms with Gasteiger partial charge in [0.05, 0.1) is 18.8 Å². The van der Waals surface area contributed by atoms with Gasteiger partial charge in [0.25, 0.3) is 0 Å². The summed E-state index contributed by atoms with van der Waals surface area (Å²) < 4.78 is 19.4. The van der Waals surface area contributed by atoms with E-state index in [1.165, 1.54) is 0 Å². The molecule has 1 N–H and O–H groups in total. The highest BCUT2D eigenvalue weighted by Crippen LogP contribution is 2.40. The molecule has 2 aromatic carbocycles. The maximum absolute atomic E-state index is 13.2. The van der Waals surface area contributed by atoms with Gasteiger partial charge in [-0.15, -0.1) is 5.10 Å². The van der Waals surface area contributed by atoms with Crippen molar-refractivity contribution in [3.63, 3.8) is 0 Å². The van der Waals surface area contributed by atoms with Crippen LogP contribution in [0, 0.1) is 0 Å². The number of hydrogen-bond donors (Lipinski definition) is 1. The molecule has 0 amide bonds. The van der Waals surface area contributed by atoms with Crippen LogP contribution in [0.2, 0.25) is 0 Å². The standard InChI is InChI=1S/C27H32N4O4S/c1-5-15-34-25(32)23-18(4)28-26-29-27(36-7-3)30-31(26)24(23)20-13-14-21(22(16-20)33-6-2)35-17-19-11-9-8-10-12-19/h8-14,16,24H,5-7,15,17H2,1-4H3,(H,28,29,30). The summed E-state index contributed by atoms with van der Waals surface area (Å²) in [5.74, 6) is 2.29. The number of esters is 1. The van der Waals surface area contributed by atoms with Gasteiger partial charge in [-0.25, -0.2) is 9.48 Å². The van der Waals surface area contributed by atoms with Crippen LogP contribution < -0.4 is 14.8 Å². The van der Waals surface area contributed by atoms with Crippen molar-refractivity contribution in [3.05, 3.63) is 70.9 Å². The van der Waals surface area contributed by atoms with E-state index >= 15 is 0 Å². The molecule has 3 aromatic rings. The van der Waals surface area contributed by atoms with Crippen LogP contribution in [-0.2, 0) is 16.1 Å². The molecular weight excluding hydrogens is 476 g/mol. The number of fused-ring (bicyclic) bond motifs is 1. The molecule has 190 valence electrons. The Balaban J connectivity index is 1.73. The molecule has 0 saturated heterocycles. The summed E-state index contributed by atoms with van der Waals surface area (Å²) >= 11 is 1.55. The predicted molar refractivity (Wildman–Crippen MR) is 141 cm³/mol. The van der Waals surface area contributed by atoms with E-state index in [2.05, 4.69) is 17.2 Å². The van der Waals surface area contributed by atoms with Crippen molar-refractivity contribution in [1.82, 2.24) is 14.8 Å². The fraction of sp³-hybridized carbons (Fsp3) is 0.370. The number of anilines is 1. The maximum atomic E-state index is 13.2. The van der Waals surface area contributed by atoms with Crippen LogP contribution in [0.1, 0.15) is 51.3 Å². The van der Waals surface area contributed by atoms with Crippen LogP contribution in [0.5, 0.6) is 11.5 Å². The number of aromatic nitrogens is 3. The van der Waals surface area contributed by atoms with E-state index in [0.717, 1.165) is 23.3 Å². The molecule has 0 radical (unpaired) electrons. The van der Waals surface area contributed by atoms with Crippen molar-refractivity contribution in [1.29, 1.82) is 0 Å². The molecule has 2 heterocycles. The molecular formula is C27H32N4O4S. The highest BCUT2D eigenvalue weighted by atomic mass is 32.2. The molecule has 0 saturated carbocycles. The van der Waals surface area contributed by atoms with E-state index in [4.69, 9.17) is 19.3 Å². The van der Waals surface area contributed by atoms with E-state index in [1.54, 1.807) is 16.4 Å². The molecule has 1 atom stereocenters. The van der Waals surface area contributed by atoms with Crippen molar-refractivity contribution in [2.24, 2.45) is 0 Å². The quantitative estimate of drug-likeness (QED) is 0.264. The Hall–Kier alpha value is -3.46. The van der Waals surface area contributed by atoms with E-state index < -0.39 is 6.04 Å². The van der Waals surface area contributed by atoms with Gasteiger partial charge in [-0.05, 0) is 49.3 Å². The van der Waals surface area contributed by atoms with Crippen molar-refractivity contribution in [3.8, 4) is 11.5 Å². The summed E-state index contributed by atoms with van der Waals surface area (Å²) in [7, 11) is 0. The van der Waals surface area contributed by atoms with Gasteiger partial charge in [-0.1, -0.05) is 62.0 Å². The first-order chi connectivity index (χ1) is 17.5. The highest BCUT2D eigenvalue weighted by Gasteiger charge is 2.35. The van der Waals surface area contributed by atoms with E-state index in [1.807, 2.05) is 69.3 Å². The average Bonchev–Trinajstić information content (AvgIpc) is 3.28. The lowest BCUT2D eigenvalue weighted by Crippen LogP contribution is -2.29. The summed E-state index contributed by atoms with van der Waals surface area (Å²) in [5.41, 5.74) is 3.08. The number of ether oxygens (including phenoxy) is 3. The largest absolute Gasteiger partial charge is 0.490 e.